The minimum absolute atomic E-state index is 0.0368. The fourth-order valence-corrected chi connectivity index (χ4v) is 7.43. The summed E-state index contributed by atoms with van der Waals surface area (Å²) >= 11 is 0. The Kier molecular flexibility index (Phi) is 4.48. The zero-order valence-electron chi connectivity index (χ0n) is 18.5. The Labute approximate surface area is 179 Å². The van der Waals surface area contributed by atoms with Crippen molar-refractivity contribution in [2.24, 2.45) is 28.6 Å². The molecule has 7 atom stereocenters. The van der Waals surface area contributed by atoms with E-state index < -0.39 is 6.10 Å². The van der Waals surface area contributed by atoms with Crippen LogP contribution in [0.5, 0.6) is 0 Å². The molecule has 1 N–H and O–H groups in total. The van der Waals surface area contributed by atoms with E-state index in [2.05, 4.69) is 36.0 Å². The minimum atomic E-state index is -0.401. The van der Waals surface area contributed by atoms with Gasteiger partial charge in [0.15, 0.2) is 0 Å². The molecule has 0 radical (unpaired) electrons. The second-order valence-electron chi connectivity index (χ2n) is 10.6. The van der Waals surface area contributed by atoms with Crippen molar-refractivity contribution in [3.05, 3.63) is 41.5 Å². The van der Waals surface area contributed by atoms with E-state index in [1.165, 1.54) is 0 Å². The van der Waals surface area contributed by atoms with Crippen LogP contribution in [-0.2, 0) is 4.79 Å². The van der Waals surface area contributed by atoms with Gasteiger partial charge in [-0.3, -0.25) is 4.79 Å². The number of aliphatic hydroxyl groups excluding tert-OH is 1. The number of rotatable bonds is 1. The zero-order valence-corrected chi connectivity index (χ0v) is 18.5. The molecule has 3 aliphatic carbocycles. The topological polar surface area (TPSA) is 66.3 Å². The lowest BCUT2D eigenvalue weighted by molar-refractivity contribution is -0.140. The molecule has 1 aromatic heterocycles. The van der Waals surface area contributed by atoms with Gasteiger partial charge in [0.2, 0.25) is 5.91 Å². The molecule has 0 aromatic carbocycles. The van der Waals surface area contributed by atoms with Crippen LogP contribution < -0.4 is 0 Å². The molecule has 1 aromatic rings. The Morgan fingerprint density at radius 2 is 1.90 bits per heavy atom. The van der Waals surface area contributed by atoms with Gasteiger partial charge in [0.25, 0.3) is 0 Å². The monoisotopic (exact) mass is 407 g/mol. The summed E-state index contributed by atoms with van der Waals surface area (Å²) in [5, 5.41) is 11.3. The summed E-state index contributed by atoms with van der Waals surface area (Å²) in [5.41, 5.74) is 2.07. The van der Waals surface area contributed by atoms with E-state index in [0.29, 0.717) is 23.8 Å². The molecular weight excluding hydrogens is 374 g/mol. The van der Waals surface area contributed by atoms with Crippen LogP contribution in [0.4, 0.5) is 0 Å². The number of carbonyl (C=O) groups excluding carboxylic acids is 1. The standard InChI is InChI=1S/C25H33N3O2/c1-15-26-13-16(14-27-15)11-17-12-20-18-5-6-21-24(2,10-8-22(29)28(21)4)19(18)7-9-25(20,3)23(17)30/h8,10-11,13-14,18-21,23,30H,5-7,9,12H2,1-4H3/b17-11+/t18-,19+,20+,21-,23+,24-,25+/m1/s1. The second-order valence-corrected chi connectivity index (χ2v) is 10.6. The van der Waals surface area contributed by atoms with Gasteiger partial charge in [-0.25, -0.2) is 9.97 Å². The SMILES string of the molecule is Cc1ncc(/C=C2\C[C@H]3[C@@H]4CC[C@H]5N(C)C(=O)C=C[C@]5(C)[C@H]4CC[C@]3(C)[C@H]2O)cn1. The lowest BCUT2D eigenvalue weighted by Crippen LogP contribution is -2.59. The molecule has 5 rings (SSSR count). The smallest absolute Gasteiger partial charge is 0.246 e. The van der Waals surface area contributed by atoms with Gasteiger partial charge in [-0.2, -0.15) is 0 Å². The molecule has 1 amide bonds. The number of hydrogen-bond donors (Lipinski definition) is 1. The summed E-state index contributed by atoms with van der Waals surface area (Å²) in [6, 6.07) is 0.298. The first-order valence-corrected chi connectivity index (χ1v) is 11.4. The predicted molar refractivity (Wildman–Crippen MR) is 116 cm³/mol. The maximum Gasteiger partial charge on any atom is 0.246 e. The fourth-order valence-electron chi connectivity index (χ4n) is 7.43. The van der Waals surface area contributed by atoms with E-state index in [-0.39, 0.29) is 16.7 Å². The van der Waals surface area contributed by atoms with Crippen LogP contribution in [0.2, 0.25) is 0 Å². The summed E-state index contributed by atoms with van der Waals surface area (Å²) in [7, 11) is 1.96. The number of aromatic nitrogens is 2. The maximum absolute atomic E-state index is 12.3. The van der Waals surface area contributed by atoms with Crippen molar-refractivity contribution < 1.29 is 9.90 Å². The number of aliphatic hydroxyl groups is 1. The highest BCUT2D eigenvalue weighted by molar-refractivity contribution is 5.89. The molecular formula is C25H33N3O2. The average molecular weight is 408 g/mol. The van der Waals surface area contributed by atoms with Gasteiger partial charge < -0.3 is 10.0 Å². The van der Waals surface area contributed by atoms with E-state index in [1.807, 2.05) is 31.3 Å². The third-order valence-corrected chi connectivity index (χ3v) is 9.15. The van der Waals surface area contributed by atoms with Gasteiger partial charge in [-0.15, -0.1) is 0 Å². The number of hydrogen-bond acceptors (Lipinski definition) is 4. The predicted octanol–water partition coefficient (Wildman–Crippen LogP) is 3.78. The Morgan fingerprint density at radius 3 is 2.63 bits per heavy atom. The summed E-state index contributed by atoms with van der Waals surface area (Å²) < 4.78 is 0. The molecule has 5 nitrogen and oxygen atoms in total. The van der Waals surface area contributed by atoms with Crippen molar-refractivity contribution in [3.8, 4) is 0 Å². The lowest BCUT2D eigenvalue weighted by Gasteiger charge is -2.59. The Hall–Kier alpha value is -2.01. The van der Waals surface area contributed by atoms with Crippen LogP contribution >= 0.6 is 0 Å². The van der Waals surface area contributed by atoms with Gasteiger partial charge in [0, 0.05) is 41.9 Å². The van der Waals surface area contributed by atoms with Crippen molar-refractivity contribution >= 4 is 12.0 Å². The van der Waals surface area contributed by atoms with Gasteiger partial charge in [-0.1, -0.05) is 26.0 Å². The molecule has 0 unspecified atom stereocenters. The largest absolute Gasteiger partial charge is 0.388 e. The van der Waals surface area contributed by atoms with E-state index in [0.717, 1.165) is 49.1 Å². The van der Waals surface area contributed by atoms with Crippen molar-refractivity contribution in [2.75, 3.05) is 7.05 Å². The van der Waals surface area contributed by atoms with Gasteiger partial charge in [0.1, 0.15) is 5.82 Å². The van der Waals surface area contributed by atoms with E-state index >= 15 is 0 Å². The van der Waals surface area contributed by atoms with Crippen molar-refractivity contribution in [2.45, 2.75) is 65.0 Å². The third kappa shape index (κ3) is 2.74. The summed E-state index contributed by atoms with van der Waals surface area (Å²) in [6.45, 7) is 6.55. The van der Waals surface area contributed by atoms with Crippen molar-refractivity contribution in [1.29, 1.82) is 0 Å². The third-order valence-electron chi connectivity index (χ3n) is 9.15. The Bertz CT molecular complexity index is 923. The van der Waals surface area contributed by atoms with E-state index in [1.54, 1.807) is 6.08 Å². The number of nitrogens with zero attached hydrogens (tertiary/aromatic N) is 3. The molecule has 3 saturated carbocycles. The molecule has 5 heteroatoms. The van der Waals surface area contributed by atoms with Crippen LogP contribution in [0.25, 0.3) is 6.08 Å². The van der Waals surface area contributed by atoms with Gasteiger partial charge >= 0.3 is 0 Å². The zero-order chi connectivity index (χ0) is 21.3. The fraction of sp³-hybridized carbons (Fsp3) is 0.640. The normalized spacial score (nSPS) is 44.0. The highest BCUT2D eigenvalue weighted by Crippen LogP contribution is 2.64. The first-order chi connectivity index (χ1) is 14.2. The summed E-state index contributed by atoms with van der Waals surface area (Å²) in [6.07, 6.45) is 14.7. The van der Waals surface area contributed by atoms with Crippen LogP contribution in [0.1, 0.15) is 57.3 Å². The molecule has 4 aliphatic rings. The molecule has 160 valence electrons. The van der Waals surface area contributed by atoms with Crippen LogP contribution in [0.15, 0.2) is 30.1 Å². The first-order valence-electron chi connectivity index (χ1n) is 11.4. The molecule has 2 heterocycles. The van der Waals surface area contributed by atoms with Crippen LogP contribution in [0, 0.1) is 35.5 Å². The van der Waals surface area contributed by atoms with Crippen molar-refractivity contribution in [3.63, 3.8) is 0 Å². The van der Waals surface area contributed by atoms with Crippen LogP contribution in [0.3, 0.4) is 0 Å². The highest BCUT2D eigenvalue weighted by atomic mass is 16.3. The summed E-state index contributed by atoms with van der Waals surface area (Å²) in [4.78, 5) is 22.8. The van der Waals surface area contributed by atoms with Crippen LogP contribution in [-0.4, -0.2) is 45.1 Å². The maximum atomic E-state index is 12.3. The number of likely N-dealkylation sites (N-methyl/N-ethyl adjacent to an activating group) is 1. The lowest BCUT2D eigenvalue weighted by atomic mass is 9.48. The second kappa shape index (κ2) is 6.74. The number of amides is 1. The molecule has 1 aliphatic heterocycles. The summed E-state index contributed by atoms with van der Waals surface area (Å²) in [5.74, 6) is 2.54. The van der Waals surface area contributed by atoms with Crippen molar-refractivity contribution in [1.82, 2.24) is 14.9 Å². The number of aryl methyl sites for hydroxylation is 1. The van der Waals surface area contributed by atoms with E-state index in [9.17, 15) is 9.90 Å². The molecule has 0 saturated heterocycles. The Balaban J connectivity index is 1.47. The number of carbonyl (C=O) groups is 1. The Morgan fingerprint density at radius 1 is 1.17 bits per heavy atom. The molecule has 3 fully saturated rings. The van der Waals surface area contributed by atoms with E-state index in [4.69, 9.17) is 0 Å². The van der Waals surface area contributed by atoms with Gasteiger partial charge in [-0.05, 0) is 68.4 Å². The average Bonchev–Trinajstić information content (AvgIpc) is 2.98. The van der Waals surface area contributed by atoms with Gasteiger partial charge in [0.05, 0.1) is 6.10 Å². The highest BCUT2D eigenvalue weighted by Gasteiger charge is 2.61. The quantitative estimate of drug-likeness (QED) is 0.769. The number of fused-ring (bicyclic) bond motifs is 5. The molecule has 0 spiro atoms. The first kappa shape index (κ1) is 19.9. The minimum Gasteiger partial charge on any atom is -0.388 e. The molecule has 30 heavy (non-hydrogen) atoms. The molecule has 0 bridgehead atoms.